The first-order valence-electron chi connectivity index (χ1n) is 9.04. The third-order valence-electron chi connectivity index (χ3n) is 5.75. The molecule has 1 spiro atoms. The first-order valence-corrected chi connectivity index (χ1v) is 9.04. The van der Waals surface area contributed by atoms with Crippen molar-refractivity contribution in [1.82, 2.24) is 20.5 Å². The highest BCUT2D eigenvalue weighted by Crippen LogP contribution is 2.57. The molecule has 0 saturated heterocycles. The van der Waals surface area contributed by atoms with Crippen molar-refractivity contribution >= 4 is 5.91 Å². The Bertz CT molecular complexity index is 764. The van der Waals surface area contributed by atoms with Crippen molar-refractivity contribution in [2.24, 2.45) is 5.41 Å². The fraction of sp³-hybridized carbons (Fsp3) is 0.526. The summed E-state index contributed by atoms with van der Waals surface area (Å²) in [5.74, 6) is 1.41. The Morgan fingerprint density at radius 1 is 1.36 bits per heavy atom. The van der Waals surface area contributed by atoms with Crippen molar-refractivity contribution in [3.05, 3.63) is 35.7 Å². The van der Waals surface area contributed by atoms with E-state index < -0.39 is 0 Å². The number of aromatic amines is 1. The molecule has 1 amide bonds. The minimum Gasteiger partial charge on any atom is -0.378 e. The first-order chi connectivity index (χ1) is 12.1. The Balaban J connectivity index is 1.42. The molecule has 4 rings (SSSR count). The van der Waals surface area contributed by atoms with Gasteiger partial charge >= 0.3 is 0 Å². The fourth-order valence-electron chi connectivity index (χ4n) is 4.12. The third-order valence-corrected chi connectivity index (χ3v) is 5.75. The van der Waals surface area contributed by atoms with E-state index in [1.165, 1.54) is 6.42 Å². The number of carbonyl (C=O) groups is 1. The number of ether oxygens (including phenoxy) is 1. The molecule has 2 aromatic rings. The maximum Gasteiger partial charge on any atom is 0.251 e. The topological polar surface area (TPSA) is 79.9 Å². The minimum absolute atomic E-state index is 0.0102. The molecule has 1 heterocycles. The molecule has 2 atom stereocenters. The molecule has 25 heavy (non-hydrogen) atoms. The van der Waals surface area contributed by atoms with Crippen LogP contribution < -0.4 is 5.32 Å². The molecule has 2 N–H and O–H groups in total. The Morgan fingerprint density at radius 3 is 2.68 bits per heavy atom. The summed E-state index contributed by atoms with van der Waals surface area (Å²) in [5.41, 5.74) is 1.75. The third kappa shape index (κ3) is 2.74. The number of hydrogen-bond acceptors (Lipinski definition) is 4. The highest BCUT2D eigenvalue weighted by molar-refractivity contribution is 5.95. The molecule has 1 aromatic heterocycles. The maximum absolute atomic E-state index is 12.6. The van der Waals surface area contributed by atoms with Crippen LogP contribution in [0.2, 0.25) is 0 Å². The average molecular weight is 340 g/mol. The summed E-state index contributed by atoms with van der Waals surface area (Å²) in [6, 6.07) is 7.69. The number of aromatic nitrogens is 3. The number of nitrogens with zero attached hydrogens (tertiary/aromatic N) is 2. The van der Waals surface area contributed by atoms with Crippen molar-refractivity contribution < 1.29 is 9.53 Å². The second-order valence-corrected chi connectivity index (χ2v) is 7.11. The molecule has 0 radical (unpaired) electrons. The molecule has 2 saturated carbocycles. The van der Waals surface area contributed by atoms with E-state index in [1.54, 1.807) is 0 Å². The molecule has 2 aliphatic carbocycles. The van der Waals surface area contributed by atoms with Crippen LogP contribution in [0, 0.1) is 12.3 Å². The normalized spacial score (nSPS) is 23.8. The van der Waals surface area contributed by atoms with Crippen LogP contribution >= 0.6 is 0 Å². The molecular weight excluding hydrogens is 316 g/mol. The molecule has 2 fully saturated rings. The summed E-state index contributed by atoms with van der Waals surface area (Å²) in [6.45, 7) is 4.65. The lowest BCUT2D eigenvalue weighted by atomic mass is 9.51. The van der Waals surface area contributed by atoms with Crippen molar-refractivity contribution in [3.63, 3.8) is 0 Å². The van der Waals surface area contributed by atoms with Crippen LogP contribution in [0.15, 0.2) is 24.3 Å². The van der Waals surface area contributed by atoms with Gasteiger partial charge in [-0.15, -0.1) is 0 Å². The van der Waals surface area contributed by atoms with E-state index in [4.69, 9.17) is 4.74 Å². The van der Waals surface area contributed by atoms with Crippen LogP contribution in [-0.4, -0.2) is 39.8 Å². The van der Waals surface area contributed by atoms with Gasteiger partial charge in [0.25, 0.3) is 5.91 Å². The van der Waals surface area contributed by atoms with Gasteiger partial charge in [0.05, 0.1) is 6.10 Å². The summed E-state index contributed by atoms with van der Waals surface area (Å²) in [5, 5.41) is 10.2. The second-order valence-electron chi connectivity index (χ2n) is 7.11. The van der Waals surface area contributed by atoms with Crippen LogP contribution in [0.1, 0.15) is 48.8 Å². The zero-order valence-corrected chi connectivity index (χ0v) is 14.7. The zero-order chi connectivity index (χ0) is 17.4. The lowest BCUT2D eigenvalue weighted by Crippen LogP contribution is -2.67. The SMILES string of the molecule is CCO[C@H]1C[C@@H](NC(=O)c2ccc(-c3n[nH]c(C)n3)cc2)C12CCC2. The number of H-pyrrole nitrogens is 1. The van der Waals surface area contributed by atoms with Gasteiger partial charge in [-0.25, -0.2) is 4.98 Å². The smallest absolute Gasteiger partial charge is 0.251 e. The van der Waals surface area contributed by atoms with Gasteiger partial charge in [-0.3, -0.25) is 9.89 Å². The van der Waals surface area contributed by atoms with Gasteiger partial charge in [0.1, 0.15) is 5.82 Å². The summed E-state index contributed by atoms with van der Waals surface area (Å²) in [6.07, 6.45) is 4.79. The molecule has 132 valence electrons. The van der Waals surface area contributed by atoms with Gasteiger partial charge in [0, 0.05) is 29.2 Å². The number of aryl methyl sites for hydroxylation is 1. The van der Waals surface area contributed by atoms with E-state index >= 15 is 0 Å². The monoisotopic (exact) mass is 340 g/mol. The molecule has 0 bridgehead atoms. The number of amides is 1. The number of hydrogen-bond donors (Lipinski definition) is 2. The number of rotatable bonds is 5. The Hall–Kier alpha value is -2.21. The quantitative estimate of drug-likeness (QED) is 0.877. The predicted octanol–water partition coefficient (Wildman–Crippen LogP) is 2.86. The van der Waals surface area contributed by atoms with Gasteiger partial charge in [-0.2, -0.15) is 5.10 Å². The molecule has 6 heteroatoms. The minimum atomic E-state index is -0.0102. The number of carbonyl (C=O) groups excluding carboxylic acids is 1. The molecule has 0 aliphatic heterocycles. The Kier molecular flexibility index (Phi) is 4.07. The molecule has 2 aliphatic rings. The summed E-state index contributed by atoms with van der Waals surface area (Å²) >= 11 is 0. The van der Waals surface area contributed by atoms with Crippen LogP contribution in [-0.2, 0) is 4.74 Å². The van der Waals surface area contributed by atoms with E-state index in [0.29, 0.717) is 17.5 Å². The Labute approximate surface area is 147 Å². The first kappa shape index (κ1) is 16.3. The van der Waals surface area contributed by atoms with Crippen LogP contribution in [0.5, 0.6) is 0 Å². The van der Waals surface area contributed by atoms with Crippen molar-refractivity contribution in [3.8, 4) is 11.4 Å². The van der Waals surface area contributed by atoms with E-state index in [9.17, 15) is 4.79 Å². The van der Waals surface area contributed by atoms with E-state index in [0.717, 1.165) is 37.3 Å². The van der Waals surface area contributed by atoms with Crippen molar-refractivity contribution in [2.75, 3.05) is 6.61 Å². The lowest BCUT2D eigenvalue weighted by molar-refractivity contribution is -0.169. The molecule has 6 nitrogen and oxygen atoms in total. The number of benzene rings is 1. The van der Waals surface area contributed by atoms with Crippen molar-refractivity contribution in [2.45, 2.75) is 51.7 Å². The summed E-state index contributed by atoms with van der Waals surface area (Å²) in [7, 11) is 0. The largest absolute Gasteiger partial charge is 0.378 e. The van der Waals surface area contributed by atoms with Gasteiger partial charge in [0.15, 0.2) is 5.82 Å². The lowest BCUT2D eigenvalue weighted by Gasteiger charge is -2.61. The predicted molar refractivity (Wildman–Crippen MR) is 94.1 cm³/mol. The van der Waals surface area contributed by atoms with E-state index in [-0.39, 0.29) is 17.4 Å². The zero-order valence-electron chi connectivity index (χ0n) is 14.7. The second kappa shape index (κ2) is 6.26. The van der Waals surface area contributed by atoms with Gasteiger partial charge in [-0.05, 0) is 45.2 Å². The summed E-state index contributed by atoms with van der Waals surface area (Å²) < 4.78 is 5.85. The highest BCUT2D eigenvalue weighted by Gasteiger charge is 2.59. The highest BCUT2D eigenvalue weighted by atomic mass is 16.5. The number of nitrogens with one attached hydrogen (secondary N) is 2. The van der Waals surface area contributed by atoms with Crippen LogP contribution in [0.4, 0.5) is 0 Å². The molecular formula is C19H24N4O2. The maximum atomic E-state index is 12.6. The van der Waals surface area contributed by atoms with Gasteiger partial charge < -0.3 is 10.1 Å². The van der Waals surface area contributed by atoms with E-state index in [1.807, 2.05) is 38.1 Å². The van der Waals surface area contributed by atoms with Gasteiger partial charge in [0.2, 0.25) is 0 Å². The van der Waals surface area contributed by atoms with E-state index in [2.05, 4.69) is 20.5 Å². The van der Waals surface area contributed by atoms with Crippen molar-refractivity contribution in [1.29, 1.82) is 0 Å². The van der Waals surface area contributed by atoms with Gasteiger partial charge in [-0.1, -0.05) is 18.6 Å². The molecule has 1 aromatic carbocycles. The summed E-state index contributed by atoms with van der Waals surface area (Å²) in [4.78, 5) is 16.9. The molecule has 0 unspecified atom stereocenters. The van der Waals surface area contributed by atoms with Crippen LogP contribution in [0.25, 0.3) is 11.4 Å². The Morgan fingerprint density at radius 2 is 2.12 bits per heavy atom. The van der Waals surface area contributed by atoms with Crippen LogP contribution in [0.3, 0.4) is 0 Å². The standard InChI is InChI=1S/C19H24N4O2/c1-3-25-16-11-15(19(16)9-4-10-19)21-18(24)14-7-5-13(6-8-14)17-20-12(2)22-23-17/h5-8,15-16H,3-4,9-11H2,1-2H3,(H,21,24)(H,20,22,23)/t15-,16+/m1/s1. The average Bonchev–Trinajstić information content (AvgIpc) is 2.99. The fourth-order valence-corrected chi connectivity index (χ4v) is 4.12.